The van der Waals surface area contributed by atoms with E-state index in [1.54, 1.807) is 21.3 Å². The zero-order chi connectivity index (χ0) is 19.1. The molecule has 0 radical (unpaired) electrons. The quantitative estimate of drug-likeness (QED) is 0.285. The number of benzene rings is 1. The molecule has 1 aliphatic rings. The number of guanidine groups is 1. The Morgan fingerprint density at radius 3 is 2.59 bits per heavy atom. The fourth-order valence-corrected chi connectivity index (χ4v) is 3.32. The first-order valence-corrected chi connectivity index (χ1v) is 8.78. The molecule has 2 rings (SSSR count). The van der Waals surface area contributed by atoms with E-state index in [2.05, 4.69) is 22.1 Å². The molecule has 27 heavy (non-hydrogen) atoms. The lowest BCUT2D eigenvalue weighted by molar-refractivity contribution is -0.145. The first-order chi connectivity index (χ1) is 12.5. The second-order valence-electron chi connectivity index (χ2n) is 6.41. The average Bonchev–Trinajstić information content (AvgIpc) is 3.05. The van der Waals surface area contributed by atoms with Gasteiger partial charge >= 0.3 is 5.97 Å². The maximum atomic E-state index is 11.9. The monoisotopic (exact) mass is 491 g/mol. The van der Waals surface area contributed by atoms with Crippen LogP contribution >= 0.6 is 24.0 Å². The number of carbonyl (C=O) groups excluding carboxylic acids is 1. The topological polar surface area (TPSA) is 72.4 Å². The molecule has 2 atom stereocenters. The maximum absolute atomic E-state index is 11.9. The highest BCUT2D eigenvalue weighted by molar-refractivity contribution is 14.0. The van der Waals surface area contributed by atoms with E-state index in [9.17, 15) is 4.79 Å². The molecular formula is C19H30IN3O4. The third kappa shape index (κ3) is 5.88. The summed E-state index contributed by atoms with van der Waals surface area (Å²) in [7, 11) is 6.51. The lowest BCUT2D eigenvalue weighted by Gasteiger charge is -2.21. The van der Waals surface area contributed by atoms with Gasteiger partial charge in [0.2, 0.25) is 0 Å². The Morgan fingerprint density at radius 1 is 1.26 bits per heavy atom. The number of methoxy groups -OCH3 is 3. The fourth-order valence-electron chi connectivity index (χ4n) is 3.32. The third-order valence-corrected chi connectivity index (χ3v) is 4.79. The second-order valence-corrected chi connectivity index (χ2v) is 6.41. The first kappa shape index (κ1) is 23.3. The van der Waals surface area contributed by atoms with Gasteiger partial charge in [-0.3, -0.25) is 9.79 Å². The largest absolute Gasteiger partial charge is 0.497 e. The van der Waals surface area contributed by atoms with Gasteiger partial charge in [-0.2, -0.15) is 0 Å². The van der Waals surface area contributed by atoms with Crippen molar-refractivity contribution in [2.45, 2.75) is 13.3 Å². The Bertz CT molecular complexity index is 654. The van der Waals surface area contributed by atoms with Gasteiger partial charge in [0.05, 0.1) is 27.2 Å². The Labute approximate surface area is 178 Å². The first-order valence-electron chi connectivity index (χ1n) is 8.78. The van der Waals surface area contributed by atoms with Crippen LogP contribution in [0, 0.1) is 11.8 Å². The lowest BCUT2D eigenvalue weighted by atomic mass is 9.99. The van der Waals surface area contributed by atoms with Crippen LogP contribution in [-0.2, 0) is 16.0 Å². The van der Waals surface area contributed by atoms with Gasteiger partial charge in [-0.05, 0) is 36.1 Å². The van der Waals surface area contributed by atoms with Crippen molar-refractivity contribution in [1.82, 2.24) is 10.2 Å². The molecule has 0 amide bonds. The molecule has 1 aliphatic heterocycles. The molecule has 1 N–H and O–H groups in total. The number of nitrogens with zero attached hydrogens (tertiary/aromatic N) is 2. The summed E-state index contributed by atoms with van der Waals surface area (Å²) >= 11 is 0. The number of rotatable bonds is 6. The van der Waals surface area contributed by atoms with Gasteiger partial charge in [0.15, 0.2) is 5.96 Å². The zero-order valence-corrected chi connectivity index (χ0v) is 19.0. The molecule has 7 nitrogen and oxygen atoms in total. The molecule has 0 aromatic heterocycles. The van der Waals surface area contributed by atoms with Gasteiger partial charge in [0.1, 0.15) is 11.5 Å². The van der Waals surface area contributed by atoms with E-state index in [0.29, 0.717) is 13.1 Å². The number of nitrogens with one attached hydrogen (secondary N) is 1. The van der Waals surface area contributed by atoms with Crippen LogP contribution in [0.3, 0.4) is 0 Å². The number of likely N-dealkylation sites (tertiary alicyclic amines) is 1. The standard InChI is InChI=1S/C19H29N3O4.HI/c1-13-11-22(12-16(13)18(23)26-5)19(20-2)21-9-8-14-10-15(24-3)6-7-17(14)25-4;/h6-7,10,13,16H,8-9,11-12H2,1-5H3,(H,20,21);1H. The number of hydrogen-bond donors (Lipinski definition) is 1. The van der Waals surface area contributed by atoms with Crippen LogP contribution < -0.4 is 14.8 Å². The molecule has 0 aliphatic carbocycles. The van der Waals surface area contributed by atoms with Crippen LogP contribution in [0.2, 0.25) is 0 Å². The van der Waals surface area contributed by atoms with E-state index in [1.807, 2.05) is 18.2 Å². The number of esters is 1. The summed E-state index contributed by atoms with van der Waals surface area (Å²) in [5.41, 5.74) is 1.07. The summed E-state index contributed by atoms with van der Waals surface area (Å²) in [6.07, 6.45) is 0.767. The summed E-state index contributed by atoms with van der Waals surface area (Å²) in [6, 6.07) is 5.77. The van der Waals surface area contributed by atoms with Crippen LogP contribution in [0.25, 0.3) is 0 Å². The predicted octanol–water partition coefficient (Wildman–Crippen LogP) is 2.18. The normalized spacial score (nSPS) is 19.3. The average molecular weight is 491 g/mol. The van der Waals surface area contributed by atoms with Crippen LogP contribution in [0.4, 0.5) is 0 Å². The minimum Gasteiger partial charge on any atom is -0.497 e. The SMILES string of the molecule is CN=C(NCCc1cc(OC)ccc1OC)N1CC(C)C(C(=O)OC)C1.I. The minimum atomic E-state index is -0.156. The van der Waals surface area contributed by atoms with Crippen molar-refractivity contribution < 1.29 is 19.0 Å². The van der Waals surface area contributed by atoms with Gasteiger partial charge < -0.3 is 24.4 Å². The lowest BCUT2D eigenvalue weighted by Crippen LogP contribution is -2.41. The number of halogens is 1. The van der Waals surface area contributed by atoms with Crippen molar-refractivity contribution in [3.8, 4) is 11.5 Å². The molecule has 0 bridgehead atoms. The van der Waals surface area contributed by atoms with E-state index < -0.39 is 0 Å². The summed E-state index contributed by atoms with van der Waals surface area (Å²) in [5, 5.41) is 3.37. The molecule has 1 heterocycles. The van der Waals surface area contributed by atoms with Crippen molar-refractivity contribution in [3.05, 3.63) is 23.8 Å². The molecular weight excluding hydrogens is 461 g/mol. The summed E-state index contributed by atoms with van der Waals surface area (Å²) in [6.45, 7) is 4.16. The van der Waals surface area contributed by atoms with Crippen molar-refractivity contribution in [2.75, 3.05) is 48.0 Å². The Hall–Kier alpha value is -1.71. The van der Waals surface area contributed by atoms with Crippen LogP contribution in [-0.4, -0.2) is 64.8 Å². The molecule has 0 spiro atoms. The van der Waals surface area contributed by atoms with Crippen molar-refractivity contribution in [2.24, 2.45) is 16.8 Å². The Kier molecular flexibility index (Phi) is 9.68. The second kappa shape index (κ2) is 11.2. The van der Waals surface area contributed by atoms with Crippen LogP contribution in [0.15, 0.2) is 23.2 Å². The van der Waals surface area contributed by atoms with Gasteiger partial charge in [-0.15, -0.1) is 24.0 Å². The summed E-state index contributed by atoms with van der Waals surface area (Å²) in [5.74, 6) is 2.40. The van der Waals surface area contributed by atoms with Gasteiger partial charge in [0, 0.05) is 26.7 Å². The van der Waals surface area contributed by atoms with Gasteiger partial charge in [0.25, 0.3) is 0 Å². The van der Waals surface area contributed by atoms with Crippen molar-refractivity contribution in [3.63, 3.8) is 0 Å². The molecule has 8 heteroatoms. The highest BCUT2D eigenvalue weighted by Gasteiger charge is 2.36. The molecule has 0 saturated carbocycles. The number of hydrogen-bond acceptors (Lipinski definition) is 5. The maximum Gasteiger partial charge on any atom is 0.310 e. The van der Waals surface area contributed by atoms with Gasteiger partial charge in [-0.25, -0.2) is 0 Å². The Morgan fingerprint density at radius 2 is 2.00 bits per heavy atom. The predicted molar refractivity (Wildman–Crippen MR) is 116 cm³/mol. The summed E-state index contributed by atoms with van der Waals surface area (Å²) < 4.78 is 15.6. The fraction of sp³-hybridized carbons (Fsp3) is 0.579. The highest BCUT2D eigenvalue weighted by atomic mass is 127. The van der Waals surface area contributed by atoms with E-state index in [-0.39, 0.29) is 41.8 Å². The van der Waals surface area contributed by atoms with Gasteiger partial charge in [-0.1, -0.05) is 6.92 Å². The molecule has 1 aromatic carbocycles. The Balaban J connectivity index is 0.00000364. The smallest absolute Gasteiger partial charge is 0.310 e. The minimum absolute atomic E-state index is 0. The van der Waals surface area contributed by atoms with E-state index in [4.69, 9.17) is 14.2 Å². The van der Waals surface area contributed by atoms with Crippen molar-refractivity contribution in [1.29, 1.82) is 0 Å². The molecule has 2 unspecified atom stereocenters. The van der Waals surface area contributed by atoms with E-state index in [1.165, 1.54) is 7.11 Å². The third-order valence-electron chi connectivity index (χ3n) is 4.79. The molecule has 152 valence electrons. The van der Waals surface area contributed by atoms with Crippen LogP contribution in [0.1, 0.15) is 12.5 Å². The summed E-state index contributed by atoms with van der Waals surface area (Å²) in [4.78, 5) is 18.3. The van der Waals surface area contributed by atoms with Crippen molar-refractivity contribution >= 4 is 35.9 Å². The van der Waals surface area contributed by atoms with E-state index >= 15 is 0 Å². The molecule has 1 fully saturated rings. The molecule has 1 saturated heterocycles. The highest BCUT2D eigenvalue weighted by Crippen LogP contribution is 2.25. The zero-order valence-electron chi connectivity index (χ0n) is 16.7. The van der Waals surface area contributed by atoms with Crippen LogP contribution in [0.5, 0.6) is 11.5 Å². The van der Waals surface area contributed by atoms with E-state index in [0.717, 1.165) is 36.0 Å². The number of carbonyl (C=O) groups is 1. The number of aliphatic imine (C=N–C) groups is 1. The molecule has 1 aromatic rings. The number of ether oxygens (including phenoxy) is 3.